The van der Waals surface area contributed by atoms with Crippen LogP contribution in [0.25, 0.3) is 0 Å². The fourth-order valence-electron chi connectivity index (χ4n) is 3.19. The topological polar surface area (TPSA) is 81.6 Å². The normalized spacial score (nSPS) is 29.0. The number of H-pyrrole nitrogens is 1. The van der Waals surface area contributed by atoms with Gasteiger partial charge in [-0.1, -0.05) is 13.3 Å². The van der Waals surface area contributed by atoms with Crippen LogP contribution in [-0.4, -0.2) is 51.9 Å². The predicted octanol–water partition coefficient (Wildman–Crippen LogP) is 0.662. The van der Waals surface area contributed by atoms with Gasteiger partial charge in [0.25, 0.3) is 5.56 Å². The molecule has 0 radical (unpaired) electrons. The molecule has 0 aliphatic carbocycles. The molecule has 6 nitrogen and oxygen atoms in total. The molecule has 2 aliphatic heterocycles. The number of aliphatic imine (C=N–C) groups is 1. The highest BCUT2D eigenvalue weighted by Gasteiger charge is 2.33. The molecule has 2 N–H and O–H groups in total. The number of hydrogen-bond donors (Lipinski definition) is 2. The van der Waals surface area contributed by atoms with E-state index in [1.54, 1.807) is 6.21 Å². The highest BCUT2D eigenvalue weighted by Crippen LogP contribution is 2.29. The second-order valence-corrected chi connectivity index (χ2v) is 5.68. The minimum atomic E-state index is -0.236. The lowest BCUT2D eigenvalue weighted by atomic mass is 10.0. The SMILES string of the molecule is CCC[C@H]1CN(CC2C=Nc3c2nc[nH]c3=O)C[C@@H]1O. The summed E-state index contributed by atoms with van der Waals surface area (Å²) >= 11 is 0. The van der Waals surface area contributed by atoms with Gasteiger partial charge in [-0.3, -0.25) is 14.7 Å². The number of aromatic amines is 1. The van der Waals surface area contributed by atoms with E-state index in [0.717, 1.165) is 31.6 Å². The zero-order valence-electron chi connectivity index (χ0n) is 11.6. The number of rotatable bonds is 4. The van der Waals surface area contributed by atoms with Crippen molar-refractivity contribution in [1.82, 2.24) is 14.9 Å². The molecule has 0 saturated carbocycles. The average Bonchev–Trinajstić information content (AvgIpc) is 2.97. The van der Waals surface area contributed by atoms with Crippen molar-refractivity contribution in [2.24, 2.45) is 10.9 Å². The van der Waals surface area contributed by atoms with Crippen LogP contribution in [0.5, 0.6) is 0 Å². The third-order valence-electron chi connectivity index (χ3n) is 4.19. The van der Waals surface area contributed by atoms with Crippen molar-refractivity contribution in [3.05, 3.63) is 22.4 Å². The summed E-state index contributed by atoms with van der Waals surface area (Å²) in [5, 5.41) is 10.1. The molecule has 3 rings (SSSR count). The van der Waals surface area contributed by atoms with Gasteiger partial charge < -0.3 is 10.1 Å². The zero-order valence-corrected chi connectivity index (χ0v) is 11.6. The zero-order chi connectivity index (χ0) is 14.1. The van der Waals surface area contributed by atoms with E-state index in [-0.39, 0.29) is 17.6 Å². The Labute approximate surface area is 117 Å². The first kappa shape index (κ1) is 13.5. The van der Waals surface area contributed by atoms with Crippen LogP contribution in [0, 0.1) is 5.92 Å². The maximum absolute atomic E-state index is 11.6. The molecule has 1 fully saturated rings. The Kier molecular flexibility index (Phi) is 3.67. The first-order chi connectivity index (χ1) is 9.69. The number of nitrogens with one attached hydrogen (secondary N) is 1. The van der Waals surface area contributed by atoms with Crippen LogP contribution in [0.1, 0.15) is 31.4 Å². The first-order valence-electron chi connectivity index (χ1n) is 7.21. The van der Waals surface area contributed by atoms with Gasteiger partial charge in [-0.25, -0.2) is 4.98 Å². The predicted molar refractivity (Wildman–Crippen MR) is 76.6 cm³/mol. The van der Waals surface area contributed by atoms with Crippen molar-refractivity contribution in [3.8, 4) is 0 Å². The summed E-state index contributed by atoms with van der Waals surface area (Å²) in [4.78, 5) is 24.8. The molecular weight excluding hydrogens is 256 g/mol. The van der Waals surface area contributed by atoms with Crippen molar-refractivity contribution >= 4 is 11.9 Å². The van der Waals surface area contributed by atoms with Crippen molar-refractivity contribution in [1.29, 1.82) is 0 Å². The second-order valence-electron chi connectivity index (χ2n) is 5.68. The Hall–Kier alpha value is -1.53. The van der Waals surface area contributed by atoms with E-state index in [0.29, 0.717) is 18.2 Å². The highest BCUT2D eigenvalue weighted by molar-refractivity contribution is 5.79. The molecule has 1 aromatic heterocycles. The molecule has 0 bridgehead atoms. The molecule has 0 aromatic carbocycles. The van der Waals surface area contributed by atoms with Crippen LogP contribution >= 0.6 is 0 Å². The molecule has 3 heterocycles. The van der Waals surface area contributed by atoms with E-state index in [2.05, 4.69) is 26.8 Å². The number of likely N-dealkylation sites (tertiary alicyclic amines) is 1. The van der Waals surface area contributed by atoms with E-state index in [4.69, 9.17) is 0 Å². The third kappa shape index (κ3) is 2.41. The standard InChI is InChI=1S/C14H20N4O2/c1-2-3-9-5-18(7-11(9)19)6-10-4-15-13-12(10)16-8-17-14(13)20/h4,8-11,19H,2-3,5-7H2,1H3,(H,16,17,20)/t9-,10?,11-/m0/s1. The Morgan fingerprint density at radius 3 is 3.15 bits per heavy atom. The largest absolute Gasteiger partial charge is 0.391 e. The van der Waals surface area contributed by atoms with E-state index in [9.17, 15) is 9.90 Å². The average molecular weight is 276 g/mol. The van der Waals surface area contributed by atoms with Crippen LogP contribution in [0.2, 0.25) is 0 Å². The highest BCUT2D eigenvalue weighted by atomic mass is 16.3. The van der Waals surface area contributed by atoms with Crippen LogP contribution in [0.15, 0.2) is 16.1 Å². The van der Waals surface area contributed by atoms with Gasteiger partial charge in [-0.2, -0.15) is 0 Å². The van der Waals surface area contributed by atoms with Crippen molar-refractivity contribution in [3.63, 3.8) is 0 Å². The molecule has 1 unspecified atom stereocenters. The van der Waals surface area contributed by atoms with Gasteiger partial charge in [0.2, 0.25) is 0 Å². The smallest absolute Gasteiger partial charge is 0.276 e. The summed E-state index contributed by atoms with van der Waals surface area (Å²) in [6.07, 6.45) is 5.15. The van der Waals surface area contributed by atoms with Crippen LogP contribution in [0.4, 0.5) is 5.69 Å². The molecule has 20 heavy (non-hydrogen) atoms. The Bertz CT molecular complexity index is 569. The van der Waals surface area contributed by atoms with E-state index in [1.165, 1.54) is 6.33 Å². The van der Waals surface area contributed by atoms with E-state index in [1.807, 2.05) is 0 Å². The van der Waals surface area contributed by atoms with Gasteiger partial charge >= 0.3 is 0 Å². The second kappa shape index (κ2) is 5.46. The number of aliphatic hydroxyl groups excluding tert-OH is 1. The van der Waals surface area contributed by atoms with Gasteiger partial charge in [-0.05, 0) is 12.3 Å². The fourth-order valence-corrected chi connectivity index (χ4v) is 3.19. The minimum absolute atomic E-state index is 0.0554. The first-order valence-corrected chi connectivity index (χ1v) is 7.21. The van der Waals surface area contributed by atoms with Gasteiger partial charge in [0, 0.05) is 25.8 Å². The molecule has 108 valence electrons. The lowest BCUT2D eigenvalue weighted by Gasteiger charge is -2.18. The molecular formula is C14H20N4O2. The van der Waals surface area contributed by atoms with Gasteiger partial charge in [0.1, 0.15) is 5.69 Å². The molecule has 1 saturated heterocycles. The van der Waals surface area contributed by atoms with Crippen molar-refractivity contribution in [2.75, 3.05) is 19.6 Å². The van der Waals surface area contributed by atoms with E-state index >= 15 is 0 Å². The molecule has 0 amide bonds. The van der Waals surface area contributed by atoms with Crippen LogP contribution in [-0.2, 0) is 0 Å². The Balaban J connectivity index is 1.68. The maximum atomic E-state index is 11.6. The van der Waals surface area contributed by atoms with Crippen LogP contribution < -0.4 is 5.56 Å². The Morgan fingerprint density at radius 2 is 2.35 bits per heavy atom. The summed E-state index contributed by atoms with van der Waals surface area (Å²) in [5.74, 6) is 0.421. The summed E-state index contributed by atoms with van der Waals surface area (Å²) in [6.45, 7) is 4.53. The van der Waals surface area contributed by atoms with E-state index < -0.39 is 0 Å². The number of hydrogen-bond acceptors (Lipinski definition) is 5. The monoisotopic (exact) mass is 276 g/mol. The Morgan fingerprint density at radius 1 is 1.50 bits per heavy atom. The number of aliphatic hydroxyl groups is 1. The maximum Gasteiger partial charge on any atom is 0.276 e. The number of aromatic nitrogens is 2. The number of fused-ring (bicyclic) bond motifs is 1. The van der Waals surface area contributed by atoms with Gasteiger partial charge in [0.05, 0.1) is 24.0 Å². The molecule has 2 aliphatic rings. The van der Waals surface area contributed by atoms with Crippen molar-refractivity contribution in [2.45, 2.75) is 31.8 Å². The molecule has 6 heteroatoms. The molecule has 1 aromatic rings. The number of β-amino-alcohol motifs (C(OH)–C–C–N with tert-alkyl or cyclic N) is 1. The lowest BCUT2D eigenvalue weighted by molar-refractivity contribution is 0.137. The van der Waals surface area contributed by atoms with Gasteiger partial charge in [0.15, 0.2) is 0 Å². The number of nitrogens with zero attached hydrogens (tertiary/aromatic N) is 3. The van der Waals surface area contributed by atoms with Crippen molar-refractivity contribution < 1.29 is 5.11 Å². The summed E-state index contributed by atoms with van der Waals surface area (Å²) < 4.78 is 0. The summed E-state index contributed by atoms with van der Waals surface area (Å²) in [5.41, 5.74) is 1.00. The lowest BCUT2D eigenvalue weighted by Crippen LogP contribution is -2.28. The molecule has 3 atom stereocenters. The summed E-state index contributed by atoms with van der Waals surface area (Å²) in [7, 11) is 0. The summed E-state index contributed by atoms with van der Waals surface area (Å²) in [6, 6.07) is 0. The quantitative estimate of drug-likeness (QED) is 0.846. The third-order valence-corrected chi connectivity index (χ3v) is 4.19. The van der Waals surface area contributed by atoms with Gasteiger partial charge in [-0.15, -0.1) is 0 Å². The fraction of sp³-hybridized carbons (Fsp3) is 0.643. The van der Waals surface area contributed by atoms with Crippen LogP contribution in [0.3, 0.4) is 0 Å². The minimum Gasteiger partial charge on any atom is -0.391 e. The molecule has 0 spiro atoms.